The molecule has 0 radical (unpaired) electrons. The summed E-state index contributed by atoms with van der Waals surface area (Å²) >= 11 is 6.62. The summed E-state index contributed by atoms with van der Waals surface area (Å²) in [6.07, 6.45) is 0. The lowest BCUT2D eigenvalue weighted by molar-refractivity contribution is 0.603. The average Bonchev–Trinajstić information content (AvgIpc) is 2.82. The van der Waals surface area contributed by atoms with E-state index in [-0.39, 0.29) is 4.21 Å². The maximum atomic E-state index is 12.1. The minimum atomic E-state index is -3.70. The number of sulfonamides is 1. The largest absolute Gasteiger partial charge is 0.277 e. The van der Waals surface area contributed by atoms with E-state index >= 15 is 0 Å². The molecule has 0 aromatic carbocycles. The van der Waals surface area contributed by atoms with Gasteiger partial charge in [0.05, 0.1) is 11.4 Å². The molecule has 0 aliphatic carbocycles. The van der Waals surface area contributed by atoms with Crippen LogP contribution in [-0.2, 0) is 10.0 Å². The van der Waals surface area contributed by atoms with Crippen LogP contribution >= 0.6 is 22.9 Å². The van der Waals surface area contributed by atoms with Gasteiger partial charge in [0.25, 0.3) is 10.0 Å². The summed E-state index contributed by atoms with van der Waals surface area (Å²) in [6, 6.07) is 7.80. The van der Waals surface area contributed by atoms with Crippen LogP contribution < -0.4 is 4.72 Å². The highest BCUT2D eigenvalue weighted by Crippen LogP contribution is 2.25. The predicted octanol–water partition coefficient (Wildman–Crippen LogP) is 2.78. The fourth-order valence-electron chi connectivity index (χ4n) is 1.36. The first-order valence-corrected chi connectivity index (χ1v) is 7.76. The Morgan fingerprint density at radius 1 is 1.37 bits per heavy atom. The van der Waals surface area contributed by atoms with Crippen molar-refractivity contribution in [2.24, 2.45) is 0 Å². The zero-order chi connectivity index (χ0) is 14.0. The molecule has 2 aromatic heterocycles. The van der Waals surface area contributed by atoms with E-state index in [4.69, 9.17) is 16.9 Å². The zero-order valence-corrected chi connectivity index (χ0v) is 12.1. The molecule has 0 unspecified atom stereocenters. The van der Waals surface area contributed by atoms with Crippen LogP contribution in [0.4, 0.5) is 5.69 Å². The SMILES string of the molecule is Cc1nc(Cl)ccc1NS(=O)(=O)c1ccc(C#N)s1. The molecule has 0 bridgehead atoms. The fraction of sp³-hybridized carbons (Fsp3) is 0.0909. The third-order valence-corrected chi connectivity index (χ3v) is 5.31. The molecule has 1 N–H and O–H groups in total. The van der Waals surface area contributed by atoms with Crippen LogP contribution in [0.15, 0.2) is 28.5 Å². The molecular formula is C11H8ClN3O2S2. The number of aryl methyl sites for hydroxylation is 1. The van der Waals surface area contributed by atoms with Crippen molar-refractivity contribution >= 4 is 38.6 Å². The van der Waals surface area contributed by atoms with Crippen molar-refractivity contribution in [3.63, 3.8) is 0 Å². The van der Waals surface area contributed by atoms with Crippen LogP contribution in [0.2, 0.25) is 5.15 Å². The van der Waals surface area contributed by atoms with Gasteiger partial charge in [-0.1, -0.05) is 11.6 Å². The van der Waals surface area contributed by atoms with Gasteiger partial charge in [-0.3, -0.25) is 4.72 Å². The lowest BCUT2D eigenvalue weighted by Gasteiger charge is -2.08. The van der Waals surface area contributed by atoms with Crippen LogP contribution in [0.3, 0.4) is 0 Å². The maximum absolute atomic E-state index is 12.1. The van der Waals surface area contributed by atoms with Crippen LogP contribution in [0.5, 0.6) is 0 Å². The Morgan fingerprint density at radius 3 is 2.68 bits per heavy atom. The van der Waals surface area contributed by atoms with Gasteiger partial charge in [0, 0.05) is 0 Å². The van der Waals surface area contributed by atoms with Gasteiger partial charge in [-0.25, -0.2) is 13.4 Å². The quantitative estimate of drug-likeness (QED) is 0.883. The lowest BCUT2D eigenvalue weighted by atomic mass is 10.3. The molecule has 0 saturated heterocycles. The van der Waals surface area contributed by atoms with E-state index in [2.05, 4.69) is 9.71 Å². The summed E-state index contributed by atoms with van der Waals surface area (Å²) in [4.78, 5) is 4.30. The fourth-order valence-corrected chi connectivity index (χ4v) is 3.77. The lowest BCUT2D eigenvalue weighted by Crippen LogP contribution is -2.12. The van der Waals surface area contributed by atoms with Crippen LogP contribution in [0.25, 0.3) is 0 Å². The zero-order valence-electron chi connectivity index (χ0n) is 9.71. The maximum Gasteiger partial charge on any atom is 0.271 e. The molecule has 0 fully saturated rings. The molecule has 2 rings (SSSR count). The number of thiophene rings is 1. The van der Waals surface area contributed by atoms with E-state index in [0.29, 0.717) is 21.4 Å². The normalized spacial score (nSPS) is 11.0. The van der Waals surface area contributed by atoms with Crippen molar-refractivity contribution in [3.05, 3.63) is 40.0 Å². The topological polar surface area (TPSA) is 82.8 Å². The van der Waals surface area contributed by atoms with E-state index in [1.54, 1.807) is 13.0 Å². The van der Waals surface area contributed by atoms with E-state index in [9.17, 15) is 8.42 Å². The minimum absolute atomic E-state index is 0.0819. The summed E-state index contributed by atoms with van der Waals surface area (Å²) in [5.41, 5.74) is 0.837. The summed E-state index contributed by atoms with van der Waals surface area (Å²) < 4.78 is 26.7. The monoisotopic (exact) mass is 313 g/mol. The molecule has 2 aromatic rings. The van der Waals surface area contributed by atoms with Gasteiger partial charge in [-0.05, 0) is 31.2 Å². The number of aromatic nitrogens is 1. The van der Waals surface area contributed by atoms with Crippen molar-refractivity contribution in [3.8, 4) is 6.07 Å². The third-order valence-electron chi connectivity index (χ3n) is 2.25. The molecule has 2 heterocycles. The van der Waals surface area contributed by atoms with Crippen LogP contribution in [-0.4, -0.2) is 13.4 Å². The van der Waals surface area contributed by atoms with Crippen molar-refractivity contribution in [2.75, 3.05) is 4.72 Å². The Morgan fingerprint density at radius 2 is 2.11 bits per heavy atom. The number of nitrogens with zero attached hydrogens (tertiary/aromatic N) is 2. The summed E-state index contributed by atoms with van der Waals surface area (Å²) in [6.45, 7) is 1.65. The highest BCUT2D eigenvalue weighted by Gasteiger charge is 2.18. The molecule has 0 aliphatic rings. The Balaban J connectivity index is 2.34. The molecule has 98 valence electrons. The molecule has 0 aliphatic heterocycles. The Labute approximate surface area is 119 Å². The molecule has 5 nitrogen and oxygen atoms in total. The minimum Gasteiger partial charge on any atom is -0.277 e. The van der Waals surface area contributed by atoms with Gasteiger partial charge in [-0.15, -0.1) is 11.3 Å². The highest BCUT2D eigenvalue weighted by molar-refractivity contribution is 7.94. The number of pyridine rings is 1. The smallest absolute Gasteiger partial charge is 0.271 e. The number of anilines is 1. The summed E-state index contributed by atoms with van der Waals surface area (Å²) in [5, 5.41) is 9.00. The number of nitriles is 1. The van der Waals surface area contributed by atoms with Gasteiger partial charge < -0.3 is 0 Å². The standard InChI is InChI=1S/C11H8ClN3O2S2/c1-7-9(3-4-10(12)14-7)15-19(16,17)11-5-2-8(6-13)18-11/h2-5,15H,1H3. The van der Waals surface area contributed by atoms with E-state index in [1.165, 1.54) is 18.2 Å². The number of rotatable bonds is 3. The van der Waals surface area contributed by atoms with E-state index in [1.807, 2.05) is 6.07 Å². The predicted molar refractivity (Wildman–Crippen MR) is 73.8 cm³/mol. The third kappa shape index (κ3) is 3.04. The van der Waals surface area contributed by atoms with Crippen molar-refractivity contribution in [2.45, 2.75) is 11.1 Å². The second kappa shape index (κ2) is 5.17. The van der Waals surface area contributed by atoms with E-state index in [0.717, 1.165) is 11.3 Å². The summed E-state index contributed by atoms with van der Waals surface area (Å²) in [5.74, 6) is 0. The first-order valence-electron chi connectivity index (χ1n) is 5.08. The van der Waals surface area contributed by atoms with Crippen LogP contribution in [0.1, 0.15) is 10.6 Å². The van der Waals surface area contributed by atoms with Crippen LogP contribution in [0, 0.1) is 18.3 Å². The Hall–Kier alpha value is -1.62. The van der Waals surface area contributed by atoms with Gasteiger partial charge in [0.1, 0.15) is 20.3 Å². The molecule has 0 spiro atoms. The Kier molecular flexibility index (Phi) is 3.75. The molecule has 0 amide bonds. The first-order chi connectivity index (χ1) is 8.92. The Bertz CT molecular complexity index is 762. The van der Waals surface area contributed by atoms with Crippen molar-refractivity contribution < 1.29 is 8.42 Å². The first kappa shape index (κ1) is 13.8. The van der Waals surface area contributed by atoms with Crippen molar-refractivity contribution in [1.82, 2.24) is 4.98 Å². The molecule has 0 saturated carbocycles. The summed E-state index contributed by atoms with van der Waals surface area (Å²) in [7, 11) is -3.70. The molecule has 0 atom stereocenters. The van der Waals surface area contributed by atoms with Gasteiger partial charge >= 0.3 is 0 Å². The van der Waals surface area contributed by atoms with E-state index < -0.39 is 10.0 Å². The van der Waals surface area contributed by atoms with Gasteiger partial charge in [0.15, 0.2) is 0 Å². The highest BCUT2D eigenvalue weighted by atomic mass is 35.5. The molecule has 8 heteroatoms. The second-order valence-corrected chi connectivity index (χ2v) is 6.98. The molecular weight excluding hydrogens is 306 g/mol. The number of nitrogens with one attached hydrogen (secondary N) is 1. The average molecular weight is 314 g/mol. The number of hydrogen-bond acceptors (Lipinski definition) is 5. The van der Waals surface area contributed by atoms with Gasteiger partial charge in [-0.2, -0.15) is 5.26 Å². The molecule has 19 heavy (non-hydrogen) atoms. The second-order valence-electron chi connectivity index (χ2n) is 3.60. The van der Waals surface area contributed by atoms with Crippen molar-refractivity contribution in [1.29, 1.82) is 5.26 Å². The number of hydrogen-bond donors (Lipinski definition) is 1. The van der Waals surface area contributed by atoms with Gasteiger partial charge in [0.2, 0.25) is 0 Å². The number of halogens is 1.